The van der Waals surface area contributed by atoms with Crippen LogP contribution in [0.15, 0.2) is 0 Å². The molecule has 2 heterocycles. The van der Waals surface area contributed by atoms with Gasteiger partial charge in [-0.1, -0.05) is 0 Å². The standard InChI is InChI=1S/C12H22O7/c1-5(13)10(17)8-3-9(16)12(6(2)14)4-7(15)11(18-8)19-12/h5-11,13-17H,3-4H2,1-2H3. The molecule has 2 bridgehead atoms. The van der Waals surface area contributed by atoms with Crippen molar-refractivity contribution >= 4 is 0 Å². The van der Waals surface area contributed by atoms with Crippen molar-refractivity contribution in [2.24, 2.45) is 0 Å². The van der Waals surface area contributed by atoms with Crippen molar-refractivity contribution in [2.45, 2.75) is 75.2 Å². The average molecular weight is 278 g/mol. The van der Waals surface area contributed by atoms with Crippen molar-refractivity contribution in [3.63, 3.8) is 0 Å². The smallest absolute Gasteiger partial charge is 0.184 e. The van der Waals surface area contributed by atoms with Crippen molar-refractivity contribution in [2.75, 3.05) is 0 Å². The van der Waals surface area contributed by atoms with Crippen molar-refractivity contribution in [3.05, 3.63) is 0 Å². The molecule has 2 rings (SSSR count). The Hall–Kier alpha value is -0.280. The lowest BCUT2D eigenvalue weighted by Gasteiger charge is -2.36. The topological polar surface area (TPSA) is 120 Å². The van der Waals surface area contributed by atoms with Crippen molar-refractivity contribution in [1.29, 1.82) is 0 Å². The van der Waals surface area contributed by atoms with E-state index in [1.807, 2.05) is 0 Å². The molecule has 112 valence electrons. The fourth-order valence-corrected chi connectivity index (χ4v) is 2.82. The molecule has 2 fully saturated rings. The van der Waals surface area contributed by atoms with Gasteiger partial charge >= 0.3 is 0 Å². The predicted molar refractivity (Wildman–Crippen MR) is 63.1 cm³/mol. The molecule has 0 amide bonds. The summed E-state index contributed by atoms with van der Waals surface area (Å²) in [6.07, 6.45) is -7.13. The fraction of sp³-hybridized carbons (Fsp3) is 1.00. The van der Waals surface area contributed by atoms with Gasteiger partial charge in [0.25, 0.3) is 0 Å². The second-order valence-corrected chi connectivity index (χ2v) is 5.55. The number of hydrogen-bond donors (Lipinski definition) is 5. The minimum absolute atomic E-state index is 0.0141. The van der Waals surface area contributed by atoms with E-state index in [4.69, 9.17) is 9.47 Å². The molecular weight excluding hydrogens is 256 g/mol. The SMILES string of the molecule is CC(O)C(O)C1CC(O)C2(C(C)O)CC(O)C(O1)O2. The van der Waals surface area contributed by atoms with Gasteiger partial charge in [0.2, 0.25) is 0 Å². The maximum absolute atomic E-state index is 10.2. The average Bonchev–Trinajstić information content (AvgIpc) is 2.57. The van der Waals surface area contributed by atoms with Crippen LogP contribution in [0.5, 0.6) is 0 Å². The van der Waals surface area contributed by atoms with Crippen molar-refractivity contribution in [3.8, 4) is 0 Å². The lowest BCUT2D eigenvalue weighted by Crippen LogP contribution is -2.52. The van der Waals surface area contributed by atoms with E-state index in [1.165, 1.54) is 13.8 Å². The fourth-order valence-electron chi connectivity index (χ4n) is 2.82. The van der Waals surface area contributed by atoms with Crippen LogP contribution in [0.2, 0.25) is 0 Å². The highest BCUT2D eigenvalue weighted by atomic mass is 16.7. The minimum Gasteiger partial charge on any atom is -0.391 e. The Labute approximate surface area is 111 Å². The number of hydrogen-bond acceptors (Lipinski definition) is 7. The van der Waals surface area contributed by atoms with Gasteiger partial charge in [0.15, 0.2) is 6.29 Å². The second-order valence-electron chi connectivity index (χ2n) is 5.55. The maximum atomic E-state index is 10.2. The molecule has 0 radical (unpaired) electrons. The third-order valence-electron chi connectivity index (χ3n) is 4.09. The zero-order valence-corrected chi connectivity index (χ0v) is 11.0. The van der Waals surface area contributed by atoms with Gasteiger partial charge in [-0.25, -0.2) is 0 Å². The summed E-state index contributed by atoms with van der Waals surface area (Å²) in [5.41, 5.74) is -1.29. The summed E-state index contributed by atoms with van der Waals surface area (Å²) in [5, 5.41) is 49.2. The first kappa shape index (κ1) is 15.1. The van der Waals surface area contributed by atoms with Gasteiger partial charge in [0.05, 0.1) is 24.4 Å². The van der Waals surface area contributed by atoms with Crippen LogP contribution in [0.4, 0.5) is 0 Å². The molecule has 8 unspecified atom stereocenters. The quantitative estimate of drug-likeness (QED) is 0.409. The van der Waals surface area contributed by atoms with Gasteiger partial charge in [0, 0.05) is 12.8 Å². The monoisotopic (exact) mass is 278 g/mol. The Kier molecular flexibility index (Phi) is 4.18. The van der Waals surface area contributed by atoms with E-state index in [2.05, 4.69) is 0 Å². The summed E-state index contributed by atoms with van der Waals surface area (Å²) < 4.78 is 10.9. The molecule has 2 aliphatic rings. The molecule has 2 aliphatic heterocycles. The largest absolute Gasteiger partial charge is 0.391 e. The van der Waals surface area contributed by atoms with Gasteiger partial charge in [-0.15, -0.1) is 0 Å². The molecule has 0 aromatic rings. The third kappa shape index (κ3) is 2.52. The summed E-state index contributed by atoms with van der Waals surface area (Å²) in [6, 6.07) is 0. The van der Waals surface area contributed by atoms with Crippen LogP contribution in [-0.4, -0.2) is 74.0 Å². The first-order valence-electron chi connectivity index (χ1n) is 6.51. The van der Waals surface area contributed by atoms with E-state index in [0.717, 1.165) is 0 Å². The number of aliphatic hydroxyl groups is 5. The summed E-state index contributed by atoms with van der Waals surface area (Å²) in [6.45, 7) is 2.88. The van der Waals surface area contributed by atoms with E-state index >= 15 is 0 Å². The minimum atomic E-state index is -1.29. The molecular formula is C12H22O7. The molecule has 2 saturated heterocycles. The summed E-state index contributed by atoms with van der Waals surface area (Å²) in [4.78, 5) is 0. The van der Waals surface area contributed by atoms with E-state index in [-0.39, 0.29) is 12.8 Å². The van der Waals surface area contributed by atoms with Crippen LogP contribution < -0.4 is 0 Å². The van der Waals surface area contributed by atoms with Gasteiger partial charge < -0.3 is 35.0 Å². The van der Waals surface area contributed by atoms with Crippen LogP contribution >= 0.6 is 0 Å². The Morgan fingerprint density at radius 1 is 1.16 bits per heavy atom. The number of fused-ring (bicyclic) bond motifs is 2. The molecule has 8 atom stereocenters. The summed E-state index contributed by atoms with van der Waals surface area (Å²) >= 11 is 0. The lowest BCUT2D eigenvalue weighted by molar-refractivity contribution is -0.231. The number of rotatable bonds is 3. The van der Waals surface area contributed by atoms with Crippen LogP contribution in [0.1, 0.15) is 26.7 Å². The summed E-state index contributed by atoms with van der Waals surface area (Å²) in [5.74, 6) is 0. The molecule has 5 N–H and O–H groups in total. The zero-order valence-electron chi connectivity index (χ0n) is 11.0. The lowest BCUT2D eigenvalue weighted by atomic mass is 9.83. The molecule has 7 nitrogen and oxygen atoms in total. The number of ether oxygens (including phenoxy) is 2. The van der Waals surface area contributed by atoms with Gasteiger partial charge in [-0.3, -0.25) is 0 Å². The van der Waals surface area contributed by atoms with E-state index in [9.17, 15) is 25.5 Å². The van der Waals surface area contributed by atoms with Crippen molar-refractivity contribution in [1.82, 2.24) is 0 Å². The summed E-state index contributed by atoms with van der Waals surface area (Å²) in [7, 11) is 0. The zero-order chi connectivity index (χ0) is 14.4. The Balaban J connectivity index is 2.23. The van der Waals surface area contributed by atoms with Crippen LogP contribution in [-0.2, 0) is 9.47 Å². The molecule has 7 heteroatoms. The van der Waals surface area contributed by atoms with Gasteiger partial charge in [-0.2, -0.15) is 0 Å². The van der Waals surface area contributed by atoms with Crippen molar-refractivity contribution < 1.29 is 35.0 Å². The molecule has 0 aliphatic carbocycles. The maximum Gasteiger partial charge on any atom is 0.184 e. The van der Waals surface area contributed by atoms with Gasteiger partial charge in [0.1, 0.15) is 17.8 Å². The highest BCUT2D eigenvalue weighted by Gasteiger charge is 2.57. The predicted octanol–water partition coefficient (Wildman–Crippen LogP) is -1.90. The highest BCUT2D eigenvalue weighted by Crippen LogP contribution is 2.42. The molecule has 0 aromatic heterocycles. The molecule has 0 aromatic carbocycles. The van der Waals surface area contributed by atoms with Crippen LogP contribution in [0.3, 0.4) is 0 Å². The Morgan fingerprint density at radius 3 is 2.32 bits per heavy atom. The molecule has 0 saturated carbocycles. The normalized spacial score (nSPS) is 47.5. The number of aliphatic hydroxyl groups excluding tert-OH is 5. The van der Waals surface area contributed by atoms with E-state index in [1.54, 1.807) is 0 Å². The second kappa shape index (κ2) is 5.25. The Morgan fingerprint density at radius 2 is 1.79 bits per heavy atom. The molecule has 19 heavy (non-hydrogen) atoms. The Bertz CT molecular complexity index is 321. The first-order valence-corrected chi connectivity index (χ1v) is 6.51. The van der Waals surface area contributed by atoms with Gasteiger partial charge in [-0.05, 0) is 13.8 Å². The third-order valence-corrected chi connectivity index (χ3v) is 4.09. The van der Waals surface area contributed by atoms with Crippen LogP contribution in [0.25, 0.3) is 0 Å². The molecule has 0 spiro atoms. The van der Waals surface area contributed by atoms with E-state index < -0.39 is 48.5 Å². The highest BCUT2D eigenvalue weighted by molar-refractivity contribution is 5.04. The van der Waals surface area contributed by atoms with Crippen LogP contribution in [0, 0.1) is 0 Å². The van der Waals surface area contributed by atoms with E-state index in [0.29, 0.717) is 0 Å². The first-order chi connectivity index (χ1) is 8.78.